The molecular formula is C11H19NSi. The Kier molecular flexibility index (Phi) is 4.03. The van der Waals surface area contributed by atoms with Gasteiger partial charge in [0.25, 0.3) is 0 Å². The van der Waals surface area contributed by atoms with Gasteiger partial charge in [-0.1, -0.05) is 37.7 Å². The van der Waals surface area contributed by atoms with Crippen LogP contribution in [0.1, 0.15) is 12.0 Å². The predicted molar refractivity (Wildman–Crippen MR) is 62.9 cm³/mol. The van der Waals surface area contributed by atoms with Crippen LogP contribution < -0.4 is 5.73 Å². The van der Waals surface area contributed by atoms with Crippen molar-refractivity contribution in [2.24, 2.45) is 0 Å². The summed E-state index contributed by atoms with van der Waals surface area (Å²) in [7, 11) is -0.346. The number of benzene rings is 1. The number of rotatable bonds is 4. The molecule has 0 aliphatic heterocycles. The zero-order valence-electron chi connectivity index (χ0n) is 8.59. The van der Waals surface area contributed by atoms with Gasteiger partial charge in [0.1, 0.15) is 0 Å². The van der Waals surface area contributed by atoms with Crippen molar-refractivity contribution in [2.45, 2.75) is 32.0 Å². The van der Waals surface area contributed by atoms with Gasteiger partial charge in [0.05, 0.1) is 0 Å². The minimum absolute atomic E-state index is 0.346. The molecule has 1 rings (SSSR count). The van der Waals surface area contributed by atoms with Crippen molar-refractivity contribution in [3.05, 3.63) is 29.8 Å². The van der Waals surface area contributed by atoms with E-state index in [1.165, 1.54) is 24.4 Å². The second-order valence-corrected chi connectivity index (χ2v) is 7.39. The molecule has 2 N–H and O–H groups in total. The van der Waals surface area contributed by atoms with Crippen molar-refractivity contribution in [1.29, 1.82) is 0 Å². The van der Waals surface area contributed by atoms with Crippen LogP contribution >= 0.6 is 0 Å². The molecule has 0 aromatic heterocycles. The molecule has 0 amide bonds. The number of nitrogen functional groups attached to an aromatic ring is 1. The zero-order chi connectivity index (χ0) is 9.68. The van der Waals surface area contributed by atoms with E-state index in [2.05, 4.69) is 25.2 Å². The van der Waals surface area contributed by atoms with Crippen molar-refractivity contribution < 1.29 is 0 Å². The van der Waals surface area contributed by atoms with Gasteiger partial charge in [0.15, 0.2) is 0 Å². The van der Waals surface area contributed by atoms with Crippen molar-refractivity contribution >= 4 is 14.5 Å². The maximum atomic E-state index is 5.61. The molecule has 0 saturated heterocycles. The fourth-order valence-corrected chi connectivity index (χ4v) is 2.42. The van der Waals surface area contributed by atoms with E-state index in [4.69, 9.17) is 5.73 Å². The van der Waals surface area contributed by atoms with Crippen LogP contribution in [-0.4, -0.2) is 8.80 Å². The van der Waals surface area contributed by atoms with Crippen LogP contribution in [0.25, 0.3) is 0 Å². The lowest BCUT2D eigenvalue weighted by Gasteiger charge is -2.03. The summed E-state index contributed by atoms with van der Waals surface area (Å²) >= 11 is 0. The normalized spacial score (nSPS) is 10.7. The number of nitrogens with two attached hydrogens (primary N) is 1. The Labute approximate surface area is 82.6 Å². The highest BCUT2D eigenvalue weighted by Crippen LogP contribution is 2.09. The average molecular weight is 193 g/mol. The third-order valence-electron chi connectivity index (χ3n) is 2.23. The summed E-state index contributed by atoms with van der Waals surface area (Å²) in [6.45, 7) is 4.81. The van der Waals surface area contributed by atoms with Crippen molar-refractivity contribution in [3.63, 3.8) is 0 Å². The fourth-order valence-electron chi connectivity index (χ4n) is 1.40. The fraction of sp³-hybridized carbons (Fsp3) is 0.455. The third kappa shape index (κ3) is 4.13. The molecule has 0 bridgehead atoms. The Hall–Kier alpha value is -0.763. The van der Waals surface area contributed by atoms with E-state index in [0.717, 1.165) is 5.69 Å². The molecular weight excluding hydrogens is 174 g/mol. The first-order valence-corrected chi connectivity index (χ1v) is 8.15. The summed E-state index contributed by atoms with van der Waals surface area (Å²) in [6, 6.07) is 9.70. The number of hydrogen-bond donors (Lipinski definition) is 1. The largest absolute Gasteiger partial charge is 0.399 e. The van der Waals surface area contributed by atoms with E-state index in [-0.39, 0.29) is 8.80 Å². The van der Waals surface area contributed by atoms with Crippen LogP contribution in [-0.2, 0) is 6.42 Å². The minimum Gasteiger partial charge on any atom is -0.399 e. The number of anilines is 1. The molecule has 72 valence electrons. The lowest BCUT2D eigenvalue weighted by molar-refractivity contribution is 0.910. The highest BCUT2D eigenvalue weighted by atomic mass is 28.3. The molecule has 0 saturated carbocycles. The molecule has 0 spiro atoms. The SMILES string of the molecule is C[SiH](C)CCCc1ccc(N)cc1. The lowest BCUT2D eigenvalue weighted by Crippen LogP contribution is -1.99. The van der Waals surface area contributed by atoms with Gasteiger partial charge < -0.3 is 5.73 Å². The summed E-state index contributed by atoms with van der Waals surface area (Å²) in [5.74, 6) is 0. The van der Waals surface area contributed by atoms with Gasteiger partial charge in [-0.2, -0.15) is 0 Å². The molecule has 13 heavy (non-hydrogen) atoms. The topological polar surface area (TPSA) is 26.0 Å². The molecule has 2 heteroatoms. The van der Waals surface area contributed by atoms with Gasteiger partial charge in [0.2, 0.25) is 0 Å². The third-order valence-corrected chi connectivity index (χ3v) is 3.79. The van der Waals surface area contributed by atoms with Crippen molar-refractivity contribution in [1.82, 2.24) is 0 Å². The van der Waals surface area contributed by atoms with Crippen molar-refractivity contribution in [2.75, 3.05) is 5.73 Å². The van der Waals surface area contributed by atoms with E-state index in [9.17, 15) is 0 Å². The smallest absolute Gasteiger partial charge is 0.0314 e. The van der Waals surface area contributed by atoms with Crippen LogP contribution in [0.15, 0.2) is 24.3 Å². The summed E-state index contributed by atoms with van der Waals surface area (Å²) in [6.07, 6.45) is 2.55. The Morgan fingerprint density at radius 2 is 1.77 bits per heavy atom. The maximum absolute atomic E-state index is 5.61. The Balaban J connectivity index is 2.33. The lowest BCUT2D eigenvalue weighted by atomic mass is 10.1. The van der Waals surface area contributed by atoms with Gasteiger partial charge in [-0.15, -0.1) is 0 Å². The van der Waals surface area contributed by atoms with E-state index in [1.54, 1.807) is 0 Å². The second-order valence-electron chi connectivity index (χ2n) is 4.03. The summed E-state index contributed by atoms with van der Waals surface area (Å²) in [5.41, 5.74) is 7.89. The molecule has 0 unspecified atom stereocenters. The summed E-state index contributed by atoms with van der Waals surface area (Å²) in [5, 5.41) is 0. The average Bonchev–Trinajstić information content (AvgIpc) is 2.08. The van der Waals surface area contributed by atoms with E-state index in [1.807, 2.05) is 12.1 Å². The molecule has 0 fully saturated rings. The Morgan fingerprint density at radius 3 is 2.31 bits per heavy atom. The molecule has 0 heterocycles. The second kappa shape index (κ2) is 5.07. The quantitative estimate of drug-likeness (QED) is 0.577. The number of aryl methyl sites for hydroxylation is 1. The highest BCUT2D eigenvalue weighted by Gasteiger charge is 1.96. The zero-order valence-corrected chi connectivity index (χ0v) is 9.74. The molecule has 1 nitrogen and oxygen atoms in total. The van der Waals surface area contributed by atoms with E-state index in [0.29, 0.717) is 0 Å². The van der Waals surface area contributed by atoms with Crippen LogP contribution in [0, 0.1) is 0 Å². The summed E-state index contributed by atoms with van der Waals surface area (Å²) < 4.78 is 0. The van der Waals surface area contributed by atoms with Gasteiger partial charge in [-0.05, 0) is 24.1 Å². The van der Waals surface area contributed by atoms with Crippen molar-refractivity contribution in [3.8, 4) is 0 Å². The first-order chi connectivity index (χ1) is 6.18. The predicted octanol–water partition coefficient (Wildman–Crippen LogP) is 2.69. The maximum Gasteiger partial charge on any atom is 0.0314 e. The van der Waals surface area contributed by atoms with Gasteiger partial charge in [0, 0.05) is 14.5 Å². The number of hydrogen-bond acceptors (Lipinski definition) is 1. The molecule has 0 aliphatic carbocycles. The Bertz CT molecular complexity index is 241. The molecule has 1 aromatic rings. The Morgan fingerprint density at radius 1 is 1.15 bits per heavy atom. The first-order valence-electron chi connectivity index (χ1n) is 5.03. The van der Waals surface area contributed by atoms with Crippen LogP contribution in [0.5, 0.6) is 0 Å². The van der Waals surface area contributed by atoms with Gasteiger partial charge in [-0.3, -0.25) is 0 Å². The van der Waals surface area contributed by atoms with Crippen LogP contribution in [0.2, 0.25) is 19.1 Å². The monoisotopic (exact) mass is 193 g/mol. The van der Waals surface area contributed by atoms with Crippen LogP contribution in [0.4, 0.5) is 5.69 Å². The molecule has 1 aromatic carbocycles. The molecule has 0 atom stereocenters. The van der Waals surface area contributed by atoms with Gasteiger partial charge >= 0.3 is 0 Å². The van der Waals surface area contributed by atoms with Gasteiger partial charge in [-0.25, -0.2) is 0 Å². The summed E-state index contributed by atoms with van der Waals surface area (Å²) in [4.78, 5) is 0. The first kappa shape index (κ1) is 10.3. The molecule has 0 aliphatic rings. The van der Waals surface area contributed by atoms with E-state index < -0.39 is 0 Å². The van der Waals surface area contributed by atoms with E-state index >= 15 is 0 Å². The standard InChI is InChI=1S/C11H19NSi/c1-13(2)9-3-4-10-5-7-11(12)8-6-10/h5-8,13H,3-4,9,12H2,1-2H3. The molecule has 0 radical (unpaired) electrons. The van der Waals surface area contributed by atoms with Crippen LogP contribution in [0.3, 0.4) is 0 Å². The minimum atomic E-state index is -0.346. The highest BCUT2D eigenvalue weighted by molar-refractivity contribution is 6.55.